The van der Waals surface area contributed by atoms with Crippen LogP contribution < -0.4 is 0 Å². The van der Waals surface area contributed by atoms with Crippen LogP contribution >= 0.6 is 23.4 Å². The van der Waals surface area contributed by atoms with Crippen LogP contribution in [0.1, 0.15) is 30.5 Å². The zero-order valence-electron chi connectivity index (χ0n) is 20.4. The molecule has 5 rings (SSSR count). The van der Waals surface area contributed by atoms with Gasteiger partial charge in [0, 0.05) is 29.5 Å². The number of carbonyl (C=O) groups excluding carboxylic acids is 2. The molecular weight excluding hydrogens is 544 g/mol. The molecule has 2 aliphatic rings. The lowest BCUT2D eigenvalue weighted by Crippen LogP contribution is -2.44. The van der Waals surface area contributed by atoms with E-state index in [-0.39, 0.29) is 34.6 Å². The molecule has 2 saturated heterocycles. The van der Waals surface area contributed by atoms with Crippen molar-refractivity contribution < 1.29 is 27.2 Å². The molecule has 0 saturated carbocycles. The van der Waals surface area contributed by atoms with E-state index in [0.717, 1.165) is 22.7 Å². The molecular formula is C26H23ClF4N4O2S. The lowest BCUT2D eigenvalue weighted by atomic mass is 10.1. The number of imide groups is 1. The average Bonchev–Trinajstić information content (AvgIpc) is 3.50. The van der Waals surface area contributed by atoms with Gasteiger partial charge >= 0.3 is 6.18 Å². The number of rotatable bonds is 5. The van der Waals surface area contributed by atoms with Gasteiger partial charge in [-0.2, -0.15) is 18.3 Å². The first kappa shape index (κ1) is 26.7. The minimum absolute atomic E-state index is 0.00679. The molecule has 38 heavy (non-hydrogen) atoms. The summed E-state index contributed by atoms with van der Waals surface area (Å²) in [6.07, 6.45) is -2.79. The summed E-state index contributed by atoms with van der Waals surface area (Å²) in [5.74, 6) is -0.531. The van der Waals surface area contributed by atoms with Gasteiger partial charge < -0.3 is 0 Å². The normalized spacial score (nSPS) is 22.1. The molecule has 3 aromatic rings. The maximum atomic E-state index is 14.7. The lowest BCUT2D eigenvalue weighted by molar-refractivity contribution is -0.138. The van der Waals surface area contributed by atoms with Crippen molar-refractivity contribution >= 4 is 51.5 Å². The predicted molar refractivity (Wildman–Crippen MR) is 138 cm³/mol. The number of amides is 2. The molecule has 2 fully saturated rings. The molecule has 6 nitrogen and oxygen atoms in total. The summed E-state index contributed by atoms with van der Waals surface area (Å²) in [5, 5.41) is 4.38. The Balaban J connectivity index is 1.38. The molecule has 12 heteroatoms. The van der Waals surface area contributed by atoms with Crippen molar-refractivity contribution in [3.8, 4) is 0 Å². The van der Waals surface area contributed by atoms with Crippen LogP contribution in [0.25, 0.3) is 17.0 Å². The molecule has 3 heterocycles. The van der Waals surface area contributed by atoms with Crippen LogP contribution in [0.3, 0.4) is 0 Å². The van der Waals surface area contributed by atoms with Gasteiger partial charge in [0.15, 0.2) is 0 Å². The van der Waals surface area contributed by atoms with Gasteiger partial charge in [-0.15, -0.1) is 0 Å². The van der Waals surface area contributed by atoms with Gasteiger partial charge in [-0.05, 0) is 67.1 Å². The summed E-state index contributed by atoms with van der Waals surface area (Å²) < 4.78 is 56.7. The van der Waals surface area contributed by atoms with Gasteiger partial charge in [-0.1, -0.05) is 23.7 Å². The third-order valence-electron chi connectivity index (χ3n) is 6.79. The van der Waals surface area contributed by atoms with Gasteiger partial charge in [0.1, 0.15) is 6.17 Å². The van der Waals surface area contributed by atoms with Crippen molar-refractivity contribution in [3.63, 3.8) is 0 Å². The van der Waals surface area contributed by atoms with Gasteiger partial charge in [-0.25, -0.2) is 4.39 Å². The topological polar surface area (TPSA) is 58.4 Å². The van der Waals surface area contributed by atoms with Crippen molar-refractivity contribution in [3.05, 3.63) is 69.2 Å². The maximum absolute atomic E-state index is 14.7. The van der Waals surface area contributed by atoms with Gasteiger partial charge in [-0.3, -0.25) is 24.1 Å². The van der Waals surface area contributed by atoms with Crippen LogP contribution in [0.5, 0.6) is 0 Å². The fourth-order valence-electron chi connectivity index (χ4n) is 4.79. The first-order valence-electron chi connectivity index (χ1n) is 11.9. The first-order valence-corrected chi connectivity index (χ1v) is 13.1. The van der Waals surface area contributed by atoms with E-state index in [9.17, 15) is 27.2 Å². The monoisotopic (exact) mass is 566 g/mol. The van der Waals surface area contributed by atoms with Gasteiger partial charge in [0.2, 0.25) is 0 Å². The van der Waals surface area contributed by atoms with Crippen LogP contribution in [0.2, 0.25) is 5.02 Å². The van der Waals surface area contributed by atoms with Crippen molar-refractivity contribution in [2.45, 2.75) is 44.8 Å². The van der Waals surface area contributed by atoms with E-state index in [0.29, 0.717) is 23.0 Å². The lowest BCUT2D eigenvalue weighted by Gasteiger charge is -2.23. The average molecular weight is 567 g/mol. The van der Waals surface area contributed by atoms with E-state index >= 15 is 0 Å². The molecule has 2 aromatic carbocycles. The quantitative estimate of drug-likeness (QED) is 0.271. The van der Waals surface area contributed by atoms with E-state index in [1.807, 2.05) is 18.7 Å². The standard InChI is InChI=1S/C26H23ClF4N4O2S/c1-14(2)33-12-20(28)22(13-33)35-24(36)23(38-25(35)37)8-15-3-6-21-17(7-15)10-32-34(21)11-16-4-5-18(27)9-19(16)26(29,30)31/h3-10,14,20,22H,11-13H2,1-2H3/t20-,22-/m0/s1. The number of hydrogen-bond donors (Lipinski definition) is 0. The highest BCUT2D eigenvalue weighted by Gasteiger charge is 2.47. The van der Waals surface area contributed by atoms with E-state index in [4.69, 9.17) is 11.6 Å². The molecule has 0 N–H and O–H groups in total. The van der Waals surface area contributed by atoms with Crippen LogP contribution in [0.4, 0.5) is 22.4 Å². The van der Waals surface area contributed by atoms with Crippen LogP contribution in [0, 0.1) is 0 Å². The number of benzene rings is 2. The Labute approximate surface area is 225 Å². The Morgan fingerprint density at radius 3 is 2.61 bits per heavy atom. The zero-order valence-corrected chi connectivity index (χ0v) is 21.9. The number of aromatic nitrogens is 2. The molecule has 0 radical (unpaired) electrons. The minimum Gasteiger partial charge on any atom is -0.296 e. The summed E-state index contributed by atoms with van der Waals surface area (Å²) in [6.45, 7) is 4.22. The minimum atomic E-state index is -4.56. The number of thioether (sulfide) groups is 1. The highest BCUT2D eigenvalue weighted by Crippen LogP contribution is 2.37. The van der Waals surface area contributed by atoms with Crippen LogP contribution in [0.15, 0.2) is 47.5 Å². The Morgan fingerprint density at radius 2 is 1.92 bits per heavy atom. The largest absolute Gasteiger partial charge is 0.416 e. The van der Waals surface area contributed by atoms with E-state index < -0.39 is 35.1 Å². The van der Waals surface area contributed by atoms with E-state index in [2.05, 4.69) is 5.10 Å². The van der Waals surface area contributed by atoms with Crippen LogP contribution in [-0.2, 0) is 17.5 Å². The smallest absolute Gasteiger partial charge is 0.296 e. The summed E-state index contributed by atoms with van der Waals surface area (Å²) in [4.78, 5) is 28.8. The highest BCUT2D eigenvalue weighted by atomic mass is 35.5. The molecule has 2 atom stereocenters. The molecule has 2 amide bonds. The number of alkyl halides is 4. The van der Waals surface area contributed by atoms with Crippen molar-refractivity contribution in [1.82, 2.24) is 19.6 Å². The van der Waals surface area contributed by atoms with Crippen LogP contribution in [-0.4, -0.2) is 62.1 Å². The second kappa shape index (κ2) is 10.0. The zero-order chi connectivity index (χ0) is 27.4. The van der Waals surface area contributed by atoms with Crippen molar-refractivity contribution in [2.24, 2.45) is 0 Å². The number of nitrogens with zero attached hydrogens (tertiary/aromatic N) is 4. The third kappa shape index (κ3) is 5.06. The number of likely N-dealkylation sites (tertiary alicyclic amines) is 1. The second-order valence-electron chi connectivity index (χ2n) is 9.60. The molecule has 200 valence electrons. The molecule has 2 aliphatic heterocycles. The third-order valence-corrected chi connectivity index (χ3v) is 7.91. The summed E-state index contributed by atoms with van der Waals surface area (Å²) in [6, 6.07) is 8.01. The Morgan fingerprint density at radius 1 is 1.16 bits per heavy atom. The van der Waals surface area contributed by atoms with E-state index in [1.54, 1.807) is 24.3 Å². The Kier molecular flexibility index (Phi) is 7.04. The molecule has 0 bridgehead atoms. The SMILES string of the molecule is CC(C)N1C[C@H](F)[C@@H](N2C(=O)SC(=Cc3ccc4c(cnn4Cc4ccc(Cl)cc4C(F)(F)F)c3)C2=O)C1. The highest BCUT2D eigenvalue weighted by molar-refractivity contribution is 8.18. The molecule has 0 aliphatic carbocycles. The van der Waals surface area contributed by atoms with Gasteiger partial charge in [0.25, 0.3) is 11.1 Å². The number of carbonyl (C=O) groups is 2. The Hall–Kier alpha value is -2.89. The fourth-order valence-corrected chi connectivity index (χ4v) is 5.85. The van der Waals surface area contributed by atoms with Crippen molar-refractivity contribution in [1.29, 1.82) is 0 Å². The van der Waals surface area contributed by atoms with E-state index in [1.165, 1.54) is 23.0 Å². The van der Waals surface area contributed by atoms with Gasteiger partial charge in [0.05, 0.1) is 34.8 Å². The summed E-state index contributed by atoms with van der Waals surface area (Å²) in [5.41, 5.74) is 0.407. The second-order valence-corrected chi connectivity index (χ2v) is 11.0. The summed E-state index contributed by atoms with van der Waals surface area (Å²) in [7, 11) is 0. The molecule has 1 aromatic heterocycles. The summed E-state index contributed by atoms with van der Waals surface area (Å²) >= 11 is 6.55. The number of fused-ring (bicyclic) bond motifs is 1. The first-order chi connectivity index (χ1) is 17.9. The molecule has 0 spiro atoms. The maximum Gasteiger partial charge on any atom is 0.416 e. The fraction of sp³-hybridized carbons (Fsp3) is 0.346. The Bertz CT molecular complexity index is 1450. The predicted octanol–water partition coefficient (Wildman–Crippen LogP) is 6.22. The molecule has 0 unspecified atom stereocenters. The number of hydrogen-bond acceptors (Lipinski definition) is 5. The van der Waals surface area contributed by atoms with Crippen molar-refractivity contribution in [2.75, 3.05) is 13.1 Å². The number of halogens is 5.